The first kappa shape index (κ1) is 8.96. The Morgan fingerprint density at radius 1 is 1.00 bits per heavy atom. The summed E-state index contributed by atoms with van der Waals surface area (Å²) in [6.45, 7) is 0. The Morgan fingerprint density at radius 3 is 2.79 bits per heavy atom. The van der Waals surface area contributed by atoms with Gasteiger partial charge in [-0.25, -0.2) is 0 Å². The standard InChI is InChI=1S/C13H20O/c14-13-10-5-3-7-12(13)11-6-2-1-4-9(11)8-10/h10,12-14H,1-8H2/t10?,12-,13-/m0/s1. The number of fused-ring (bicyclic) bond motifs is 3. The summed E-state index contributed by atoms with van der Waals surface area (Å²) >= 11 is 0. The third-order valence-corrected chi connectivity index (χ3v) is 4.57. The number of hydrogen-bond donors (Lipinski definition) is 1. The monoisotopic (exact) mass is 192 g/mol. The lowest BCUT2D eigenvalue weighted by atomic mass is 9.64. The van der Waals surface area contributed by atoms with Gasteiger partial charge in [0.2, 0.25) is 0 Å². The maximum Gasteiger partial charge on any atom is 0.0636 e. The smallest absolute Gasteiger partial charge is 0.0636 e. The van der Waals surface area contributed by atoms with Crippen molar-refractivity contribution in [3.8, 4) is 0 Å². The molecule has 3 rings (SSSR count). The van der Waals surface area contributed by atoms with Gasteiger partial charge in [-0.15, -0.1) is 0 Å². The number of aliphatic hydroxyl groups excluding tert-OH is 1. The molecule has 0 aromatic rings. The second-order valence-electron chi connectivity index (χ2n) is 5.33. The summed E-state index contributed by atoms with van der Waals surface area (Å²) < 4.78 is 0. The van der Waals surface area contributed by atoms with Crippen molar-refractivity contribution in [2.75, 3.05) is 0 Å². The highest BCUT2D eigenvalue weighted by Crippen LogP contribution is 2.47. The van der Waals surface area contributed by atoms with E-state index in [0.29, 0.717) is 11.8 Å². The summed E-state index contributed by atoms with van der Waals surface area (Å²) in [5, 5.41) is 10.2. The summed E-state index contributed by atoms with van der Waals surface area (Å²) in [7, 11) is 0. The fourth-order valence-corrected chi connectivity index (χ4v) is 3.86. The van der Waals surface area contributed by atoms with Crippen molar-refractivity contribution in [2.24, 2.45) is 11.8 Å². The minimum Gasteiger partial charge on any atom is -0.392 e. The lowest BCUT2D eigenvalue weighted by Crippen LogP contribution is -2.39. The van der Waals surface area contributed by atoms with E-state index in [0.717, 1.165) is 0 Å². The molecule has 0 heterocycles. The SMILES string of the molecule is O[C@H]1C2CCC[C@H]1C1=C(CCCC1)C2. The summed E-state index contributed by atoms with van der Waals surface area (Å²) in [4.78, 5) is 0. The Bertz CT molecular complexity index is 266. The van der Waals surface area contributed by atoms with Crippen molar-refractivity contribution >= 4 is 0 Å². The van der Waals surface area contributed by atoms with Crippen LogP contribution in [0.5, 0.6) is 0 Å². The zero-order chi connectivity index (χ0) is 9.54. The van der Waals surface area contributed by atoms with E-state index in [9.17, 15) is 5.11 Å². The van der Waals surface area contributed by atoms with E-state index in [1.807, 2.05) is 0 Å². The van der Waals surface area contributed by atoms with E-state index in [1.54, 1.807) is 11.1 Å². The van der Waals surface area contributed by atoms with Crippen molar-refractivity contribution < 1.29 is 5.11 Å². The van der Waals surface area contributed by atoms with Crippen LogP contribution >= 0.6 is 0 Å². The van der Waals surface area contributed by atoms with Crippen LogP contribution in [-0.2, 0) is 0 Å². The van der Waals surface area contributed by atoms with Gasteiger partial charge in [0.25, 0.3) is 0 Å². The van der Waals surface area contributed by atoms with Gasteiger partial charge in [0.15, 0.2) is 0 Å². The third-order valence-electron chi connectivity index (χ3n) is 4.57. The summed E-state index contributed by atoms with van der Waals surface area (Å²) in [5.41, 5.74) is 3.43. The van der Waals surface area contributed by atoms with Gasteiger partial charge in [-0.2, -0.15) is 0 Å². The van der Waals surface area contributed by atoms with Gasteiger partial charge in [0.05, 0.1) is 6.10 Å². The van der Waals surface area contributed by atoms with Crippen LogP contribution < -0.4 is 0 Å². The molecule has 3 atom stereocenters. The molecule has 0 aromatic carbocycles. The minimum atomic E-state index is 0.0144. The summed E-state index contributed by atoms with van der Waals surface area (Å²) in [5.74, 6) is 1.18. The Morgan fingerprint density at radius 2 is 1.86 bits per heavy atom. The van der Waals surface area contributed by atoms with Crippen LogP contribution in [0.1, 0.15) is 51.4 Å². The Labute approximate surface area is 86.2 Å². The highest BCUT2D eigenvalue weighted by atomic mass is 16.3. The Kier molecular flexibility index (Phi) is 2.16. The van der Waals surface area contributed by atoms with Gasteiger partial charge in [0, 0.05) is 5.92 Å². The molecular weight excluding hydrogens is 172 g/mol. The third kappa shape index (κ3) is 1.25. The fourth-order valence-electron chi connectivity index (χ4n) is 3.86. The van der Waals surface area contributed by atoms with Crippen molar-refractivity contribution in [1.29, 1.82) is 0 Å². The molecule has 0 radical (unpaired) electrons. The molecule has 3 aliphatic carbocycles. The largest absolute Gasteiger partial charge is 0.392 e. The first-order valence-electron chi connectivity index (χ1n) is 6.25. The second-order valence-corrected chi connectivity index (χ2v) is 5.33. The van der Waals surface area contributed by atoms with Crippen LogP contribution in [-0.4, -0.2) is 11.2 Å². The van der Waals surface area contributed by atoms with Gasteiger partial charge < -0.3 is 5.11 Å². The van der Waals surface area contributed by atoms with Crippen LogP contribution in [0.2, 0.25) is 0 Å². The molecule has 0 amide bonds. The molecule has 78 valence electrons. The van der Waals surface area contributed by atoms with E-state index in [4.69, 9.17) is 0 Å². The predicted molar refractivity (Wildman–Crippen MR) is 56.9 cm³/mol. The summed E-state index contributed by atoms with van der Waals surface area (Å²) in [6.07, 6.45) is 10.5. The van der Waals surface area contributed by atoms with Gasteiger partial charge in [-0.3, -0.25) is 0 Å². The molecular formula is C13H20O. The number of aliphatic hydroxyl groups is 1. The second kappa shape index (κ2) is 3.37. The molecule has 1 saturated carbocycles. The molecule has 14 heavy (non-hydrogen) atoms. The molecule has 0 aromatic heterocycles. The molecule has 0 aliphatic heterocycles. The van der Waals surface area contributed by atoms with E-state index < -0.39 is 0 Å². The van der Waals surface area contributed by atoms with E-state index >= 15 is 0 Å². The first-order chi connectivity index (χ1) is 6.86. The Balaban J connectivity index is 1.95. The first-order valence-corrected chi connectivity index (χ1v) is 6.25. The molecule has 1 fully saturated rings. The van der Waals surface area contributed by atoms with Gasteiger partial charge in [-0.1, -0.05) is 17.6 Å². The van der Waals surface area contributed by atoms with E-state index in [1.165, 1.54) is 51.4 Å². The van der Waals surface area contributed by atoms with Gasteiger partial charge in [0.1, 0.15) is 0 Å². The van der Waals surface area contributed by atoms with Crippen LogP contribution in [0.25, 0.3) is 0 Å². The van der Waals surface area contributed by atoms with Crippen LogP contribution in [0.4, 0.5) is 0 Å². The number of rotatable bonds is 0. The van der Waals surface area contributed by atoms with Crippen LogP contribution in [0, 0.1) is 11.8 Å². The van der Waals surface area contributed by atoms with Crippen molar-refractivity contribution in [2.45, 2.75) is 57.5 Å². The fraction of sp³-hybridized carbons (Fsp3) is 0.846. The van der Waals surface area contributed by atoms with Crippen LogP contribution in [0.3, 0.4) is 0 Å². The molecule has 1 heteroatoms. The Hall–Kier alpha value is -0.300. The quantitative estimate of drug-likeness (QED) is 0.585. The summed E-state index contributed by atoms with van der Waals surface area (Å²) in [6, 6.07) is 0. The molecule has 2 bridgehead atoms. The minimum absolute atomic E-state index is 0.0144. The highest BCUT2D eigenvalue weighted by molar-refractivity contribution is 5.26. The maximum absolute atomic E-state index is 10.2. The van der Waals surface area contributed by atoms with Crippen LogP contribution in [0.15, 0.2) is 11.1 Å². The lowest BCUT2D eigenvalue weighted by Gasteiger charge is -2.44. The normalized spacial score (nSPS) is 42.2. The number of allylic oxidation sites excluding steroid dienone is 1. The lowest BCUT2D eigenvalue weighted by molar-refractivity contribution is 0.0195. The van der Waals surface area contributed by atoms with Gasteiger partial charge >= 0.3 is 0 Å². The van der Waals surface area contributed by atoms with Crippen molar-refractivity contribution in [1.82, 2.24) is 0 Å². The molecule has 0 spiro atoms. The molecule has 1 N–H and O–H groups in total. The zero-order valence-corrected chi connectivity index (χ0v) is 8.84. The molecule has 1 nitrogen and oxygen atoms in total. The molecule has 3 aliphatic rings. The van der Waals surface area contributed by atoms with Crippen molar-refractivity contribution in [3.05, 3.63) is 11.1 Å². The van der Waals surface area contributed by atoms with E-state index in [2.05, 4.69) is 0 Å². The number of hydrogen-bond acceptors (Lipinski definition) is 1. The maximum atomic E-state index is 10.2. The highest BCUT2D eigenvalue weighted by Gasteiger charge is 2.39. The predicted octanol–water partition coefficient (Wildman–Crippen LogP) is 3.04. The average Bonchev–Trinajstić information content (AvgIpc) is 2.18. The average molecular weight is 192 g/mol. The van der Waals surface area contributed by atoms with Crippen molar-refractivity contribution in [3.63, 3.8) is 0 Å². The van der Waals surface area contributed by atoms with E-state index in [-0.39, 0.29) is 6.10 Å². The molecule has 1 unspecified atom stereocenters. The topological polar surface area (TPSA) is 20.2 Å². The molecule has 0 saturated heterocycles. The zero-order valence-electron chi connectivity index (χ0n) is 8.84. The van der Waals surface area contributed by atoms with Gasteiger partial charge in [-0.05, 0) is 50.9 Å².